The molecule has 1 aliphatic heterocycles. The maximum absolute atomic E-state index is 12.9. The van der Waals surface area contributed by atoms with Crippen molar-refractivity contribution in [1.82, 2.24) is 15.0 Å². The monoisotopic (exact) mass is 461 g/mol. The maximum atomic E-state index is 12.9. The molecule has 158 valence electrons. The van der Waals surface area contributed by atoms with Crippen LogP contribution in [-0.2, 0) is 4.79 Å². The molecule has 0 bridgehead atoms. The topological polar surface area (TPSA) is 59.2 Å². The van der Waals surface area contributed by atoms with Crippen LogP contribution in [0.25, 0.3) is 11.4 Å². The van der Waals surface area contributed by atoms with Gasteiger partial charge in [-0.25, -0.2) is 0 Å². The lowest BCUT2D eigenvalue weighted by atomic mass is 10.0. The average molecular weight is 462 g/mol. The van der Waals surface area contributed by atoms with Crippen molar-refractivity contribution in [1.29, 1.82) is 0 Å². The lowest BCUT2D eigenvalue weighted by Crippen LogP contribution is -2.38. The third kappa shape index (κ3) is 6.39. The Morgan fingerprint density at radius 3 is 2.59 bits per heavy atom. The third-order valence-electron chi connectivity index (χ3n) is 5.65. The number of hydrogen-bond donors (Lipinski definition) is 0. The van der Waals surface area contributed by atoms with Gasteiger partial charge in [-0.15, -0.1) is 0 Å². The van der Waals surface area contributed by atoms with Crippen molar-refractivity contribution in [3.05, 3.63) is 34.6 Å². The molecule has 1 aromatic carbocycles. The number of rotatable bonds is 10. The van der Waals surface area contributed by atoms with Crippen LogP contribution in [0.5, 0.6) is 0 Å². The molecule has 0 aliphatic carbocycles. The molecule has 1 atom stereocenters. The van der Waals surface area contributed by atoms with Gasteiger partial charge in [0, 0.05) is 23.0 Å². The fraction of sp³-hybridized carbons (Fsp3) is 0.609. The maximum Gasteiger partial charge on any atom is 0.249 e. The molecule has 0 N–H and O–H groups in total. The zero-order valence-corrected chi connectivity index (χ0v) is 19.0. The summed E-state index contributed by atoms with van der Waals surface area (Å²) in [5, 5.41) is 4.16. The van der Waals surface area contributed by atoms with Gasteiger partial charge in [0.25, 0.3) is 0 Å². The summed E-state index contributed by atoms with van der Waals surface area (Å²) in [7, 11) is 0. The van der Waals surface area contributed by atoms with E-state index in [-0.39, 0.29) is 11.9 Å². The number of benzene rings is 1. The van der Waals surface area contributed by atoms with Gasteiger partial charge in [-0.3, -0.25) is 4.79 Å². The molecule has 3 rings (SSSR count). The minimum Gasteiger partial charge on any atom is -0.337 e. The molecule has 2 heterocycles. The fourth-order valence-electron chi connectivity index (χ4n) is 3.95. The van der Waals surface area contributed by atoms with Gasteiger partial charge >= 0.3 is 0 Å². The molecule has 2 aromatic rings. The van der Waals surface area contributed by atoms with Crippen molar-refractivity contribution < 1.29 is 9.32 Å². The highest BCUT2D eigenvalue weighted by atomic mass is 79.9. The van der Waals surface area contributed by atoms with Crippen molar-refractivity contribution in [2.45, 2.75) is 83.6 Å². The first-order valence-electron chi connectivity index (χ1n) is 11.1. The molecule has 1 saturated heterocycles. The normalized spacial score (nSPS) is 16.9. The summed E-state index contributed by atoms with van der Waals surface area (Å²) in [5.41, 5.74) is 0.917. The van der Waals surface area contributed by atoms with Gasteiger partial charge in [0.2, 0.25) is 17.6 Å². The number of piperidine rings is 1. The van der Waals surface area contributed by atoms with Crippen LogP contribution in [0.4, 0.5) is 0 Å². The number of unbranched alkanes of at least 4 members (excludes halogenated alkanes) is 6. The number of likely N-dealkylation sites (tertiary alicyclic amines) is 1. The summed E-state index contributed by atoms with van der Waals surface area (Å²) in [6.45, 7) is 3.02. The molecule has 0 saturated carbocycles. The Balaban J connectivity index is 1.55. The molecular formula is C23H32BrN3O2. The molecule has 1 unspecified atom stereocenters. The van der Waals surface area contributed by atoms with Crippen LogP contribution in [0.2, 0.25) is 0 Å². The smallest absolute Gasteiger partial charge is 0.249 e. The van der Waals surface area contributed by atoms with E-state index in [1.807, 2.05) is 29.2 Å². The second-order valence-electron chi connectivity index (χ2n) is 7.93. The fourth-order valence-corrected chi connectivity index (χ4v) is 4.21. The van der Waals surface area contributed by atoms with E-state index in [0.29, 0.717) is 18.1 Å². The van der Waals surface area contributed by atoms with Gasteiger partial charge in [0.1, 0.15) is 6.04 Å². The van der Waals surface area contributed by atoms with E-state index in [9.17, 15) is 4.79 Å². The number of aromatic nitrogens is 2. The van der Waals surface area contributed by atoms with Crippen LogP contribution in [0, 0.1) is 0 Å². The Morgan fingerprint density at radius 1 is 1.10 bits per heavy atom. The summed E-state index contributed by atoms with van der Waals surface area (Å²) in [5.74, 6) is 1.37. The largest absolute Gasteiger partial charge is 0.337 e. The van der Waals surface area contributed by atoms with E-state index in [4.69, 9.17) is 4.52 Å². The summed E-state index contributed by atoms with van der Waals surface area (Å²) in [4.78, 5) is 19.5. The Kier molecular flexibility index (Phi) is 8.71. The van der Waals surface area contributed by atoms with Crippen molar-refractivity contribution in [2.24, 2.45) is 0 Å². The van der Waals surface area contributed by atoms with Gasteiger partial charge in [0.05, 0.1) is 0 Å². The molecule has 5 nitrogen and oxygen atoms in total. The quantitative estimate of drug-likeness (QED) is 0.369. The molecule has 0 radical (unpaired) electrons. The van der Waals surface area contributed by atoms with E-state index in [2.05, 4.69) is 33.0 Å². The molecule has 1 fully saturated rings. The molecular weight excluding hydrogens is 430 g/mol. The van der Waals surface area contributed by atoms with E-state index in [0.717, 1.165) is 48.7 Å². The predicted octanol–water partition coefficient (Wildman–Crippen LogP) is 6.69. The lowest BCUT2D eigenvalue weighted by molar-refractivity contribution is -0.135. The van der Waals surface area contributed by atoms with Crippen molar-refractivity contribution >= 4 is 21.8 Å². The average Bonchev–Trinajstić information content (AvgIpc) is 3.23. The van der Waals surface area contributed by atoms with Crippen LogP contribution in [0.15, 0.2) is 33.3 Å². The second-order valence-corrected chi connectivity index (χ2v) is 8.85. The molecule has 29 heavy (non-hydrogen) atoms. The van der Waals surface area contributed by atoms with Gasteiger partial charge in [-0.1, -0.05) is 66.5 Å². The van der Waals surface area contributed by atoms with E-state index >= 15 is 0 Å². The second kappa shape index (κ2) is 11.5. The molecule has 0 spiro atoms. The van der Waals surface area contributed by atoms with Crippen LogP contribution in [0.1, 0.15) is 89.5 Å². The number of hydrogen-bond acceptors (Lipinski definition) is 4. The first-order valence-corrected chi connectivity index (χ1v) is 11.9. The molecule has 6 heteroatoms. The zero-order chi connectivity index (χ0) is 20.5. The summed E-state index contributed by atoms with van der Waals surface area (Å²) in [6, 6.07) is 7.76. The highest BCUT2D eigenvalue weighted by Gasteiger charge is 2.31. The van der Waals surface area contributed by atoms with E-state index in [1.54, 1.807) is 0 Å². The van der Waals surface area contributed by atoms with Gasteiger partial charge in [0.15, 0.2) is 0 Å². The number of carbonyl (C=O) groups excluding carboxylic acids is 1. The van der Waals surface area contributed by atoms with Gasteiger partial charge in [-0.2, -0.15) is 4.98 Å². The highest BCUT2D eigenvalue weighted by molar-refractivity contribution is 9.10. The summed E-state index contributed by atoms with van der Waals surface area (Å²) < 4.78 is 6.60. The van der Waals surface area contributed by atoms with E-state index in [1.165, 1.54) is 32.1 Å². The molecule has 1 amide bonds. The van der Waals surface area contributed by atoms with Gasteiger partial charge < -0.3 is 9.42 Å². The van der Waals surface area contributed by atoms with Gasteiger partial charge in [-0.05, 0) is 49.9 Å². The van der Waals surface area contributed by atoms with E-state index < -0.39 is 0 Å². The zero-order valence-electron chi connectivity index (χ0n) is 17.4. The van der Waals surface area contributed by atoms with Crippen molar-refractivity contribution in [3.8, 4) is 11.4 Å². The summed E-state index contributed by atoms with van der Waals surface area (Å²) in [6.07, 6.45) is 12.2. The molecule has 1 aliphatic rings. The van der Waals surface area contributed by atoms with Crippen molar-refractivity contribution in [3.63, 3.8) is 0 Å². The minimum absolute atomic E-state index is 0.0856. The first kappa shape index (κ1) is 22.0. The van der Waals surface area contributed by atoms with Crippen LogP contribution in [0.3, 0.4) is 0 Å². The number of carbonyl (C=O) groups is 1. The lowest BCUT2D eigenvalue weighted by Gasteiger charge is -2.33. The Bertz CT molecular complexity index is 760. The SMILES string of the molecule is CCCCCCCCCC(=O)N1CCCCC1c1nc(-c2ccc(Br)cc2)no1. The Hall–Kier alpha value is -1.69. The predicted molar refractivity (Wildman–Crippen MR) is 118 cm³/mol. The summed E-state index contributed by atoms with van der Waals surface area (Å²) >= 11 is 3.44. The minimum atomic E-state index is -0.0856. The Labute approximate surface area is 182 Å². The Morgan fingerprint density at radius 2 is 1.83 bits per heavy atom. The number of halogens is 1. The van der Waals surface area contributed by atoms with Crippen LogP contribution >= 0.6 is 15.9 Å². The molecule has 1 aromatic heterocycles. The van der Waals surface area contributed by atoms with Crippen LogP contribution in [-0.4, -0.2) is 27.5 Å². The van der Waals surface area contributed by atoms with Crippen molar-refractivity contribution in [2.75, 3.05) is 6.54 Å². The first-order chi connectivity index (χ1) is 14.2. The number of amides is 1. The standard InChI is InChI=1S/C23H32BrN3O2/c1-2-3-4-5-6-7-8-12-21(28)27-17-10-9-11-20(27)23-25-22(26-29-23)18-13-15-19(24)16-14-18/h13-16,20H,2-12,17H2,1H3. The van der Waals surface area contributed by atoms with Crippen LogP contribution < -0.4 is 0 Å². The highest BCUT2D eigenvalue weighted by Crippen LogP contribution is 2.32. The third-order valence-corrected chi connectivity index (χ3v) is 6.18. The number of nitrogens with zero attached hydrogens (tertiary/aromatic N) is 3.